The summed E-state index contributed by atoms with van der Waals surface area (Å²) in [5.41, 5.74) is 0. The fourth-order valence-corrected chi connectivity index (χ4v) is 3.25. The largest absolute Gasteiger partial charge is 0.460 e. The van der Waals surface area contributed by atoms with E-state index in [1.54, 1.807) is 0 Å². The number of carbonyl (C=O) groups excluding carboxylic acids is 2. The summed E-state index contributed by atoms with van der Waals surface area (Å²) in [4.78, 5) is 23.6. The van der Waals surface area contributed by atoms with E-state index in [0.29, 0.717) is 27.7 Å². The molecule has 0 bridgehead atoms. The summed E-state index contributed by atoms with van der Waals surface area (Å²) in [5, 5.41) is 0. The van der Waals surface area contributed by atoms with Gasteiger partial charge in [0.1, 0.15) is 0 Å². The molecule has 0 aromatic rings. The van der Waals surface area contributed by atoms with Gasteiger partial charge >= 0.3 is 71.7 Å². The standard InChI is InChI=1S/C22H18F22O4/c1-7(2)11(13(23,24)15(27,28)17(31,32)19(35,36)21(39,40)41)47-9(45)5-6-10(46)48-12(8(3)4)14(25,26)16(29,30)18(33,34)20(37,38)22(42,43)44/h5-8,11-12H,1-4H3/b6-5+. The third-order valence-electron chi connectivity index (χ3n) is 5.89. The Morgan fingerprint density at radius 1 is 0.396 bits per heavy atom. The van der Waals surface area contributed by atoms with Crippen LogP contribution in [-0.2, 0) is 19.1 Å². The van der Waals surface area contributed by atoms with Gasteiger partial charge in [-0.15, -0.1) is 0 Å². The second-order valence-corrected chi connectivity index (χ2v) is 10.2. The third-order valence-corrected chi connectivity index (χ3v) is 5.89. The summed E-state index contributed by atoms with van der Waals surface area (Å²) in [6.45, 7) is 1.20. The molecule has 0 radical (unpaired) electrons. The molecule has 2 atom stereocenters. The Kier molecular flexibility index (Phi) is 12.3. The lowest BCUT2D eigenvalue weighted by molar-refractivity contribution is -0.429. The number of halogens is 22. The molecule has 0 aromatic heterocycles. The van der Waals surface area contributed by atoms with Gasteiger partial charge in [0.25, 0.3) is 0 Å². The van der Waals surface area contributed by atoms with Crippen molar-refractivity contribution in [2.75, 3.05) is 0 Å². The molecule has 0 fully saturated rings. The zero-order chi connectivity index (χ0) is 39.3. The summed E-state index contributed by atoms with van der Waals surface area (Å²) >= 11 is 0. The summed E-state index contributed by atoms with van der Waals surface area (Å²) < 4.78 is 301. The number of hydrogen-bond donors (Lipinski definition) is 0. The van der Waals surface area contributed by atoms with Gasteiger partial charge < -0.3 is 9.47 Å². The van der Waals surface area contributed by atoms with E-state index >= 15 is 0 Å². The Bertz CT molecular complexity index is 1090. The fraction of sp³-hybridized carbons (Fsp3) is 0.818. The lowest BCUT2D eigenvalue weighted by Crippen LogP contribution is -2.69. The van der Waals surface area contributed by atoms with Gasteiger partial charge in [-0.25, -0.2) is 9.59 Å². The van der Waals surface area contributed by atoms with Crippen molar-refractivity contribution in [1.29, 1.82) is 0 Å². The van der Waals surface area contributed by atoms with Crippen LogP contribution in [0.25, 0.3) is 0 Å². The first kappa shape index (κ1) is 45.1. The van der Waals surface area contributed by atoms with Crippen molar-refractivity contribution < 1.29 is 116 Å². The van der Waals surface area contributed by atoms with E-state index in [-0.39, 0.29) is 0 Å². The van der Waals surface area contributed by atoms with Crippen LogP contribution in [0.1, 0.15) is 27.7 Å². The van der Waals surface area contributed by atoms with Crippen LogP contribution in [0.4, 0.5) is 96.6 Å². The van der Waals surface area contributed by atoms with Crippen molar-refractivity contribution >= 4 is 11.9 Å². The van der Waals surface area contributed by atoms with Crippen molar-refractivity contribution in [3.05, 3.63) is 12.2 Å². The molecular weight excluding hydrogens is 746 g/mol. The van der Waals surface area contributed by atoms with Gasteiger partial charge in [0.15, 0.2) is 12.2 Å². The molecule has 0 amide bonds. The van der Waals surface area contributed by atoms with Crippen molar-refractivity contribution in [1.82, 2.24) is 0 Å². The average Bonchev–Trinajstić information content (AvgIpc) is 2.86. The van der Waals surface area contributed by atoms with Gasteiger partial charge in [-0.2, -0.15) is 96.6 Å². The Balaban J connectivity index is 6.41. The van der Waals surface area contributed by atoms with Crippen molar-refractivity contribution in [2.45, 2.75) is 99.6 Å². The molecule has 26 heteroatoms. The molecule has 0 spiro atoms. The van der Waals surface area contributed by atoms with Crippen LogP contribution in [0.2, 0.25) is 0 Å². The average molecular weight is 764 g/mol. The van der Waals surface area contributed by atoms with E-state index in [4.69, 9.17) is 0 Å². The van der Waals surface area contributed by atoms with Gasteiger partial charge in [-0.3, -0.25) is 0 Å². The number of hydrogen-bond acceptors (Lipinski definition) is 4. The van der Waals surface area contributed by atoms with Crippen molar-refractivity contribution in [3.8, 4) is 0 Å². The maximum absolute atomic E-state index is 14.4. The highest BCUT2D eigenvalue weighted by Crippen LogP contribution is 2.60. The fourth-order valence-electron chi connectivity index (χ4n) is 3.25. The van der Waals surface area contributed by atoms with Crippen LogP contribution >= 0.6 is 0 Å². The van der Waals surface area contributed by atoms with E-state index in [9.17, 15) is 106 Å². The van der Waals surface area contributed by atoms with Crippen molar-refractivity contribution in [2.24, 2.45) is 11.8 Å². The molecule has 0 aliphatic heterocycles. The number of ether oxygens (including phenoxy) is 2. The van der Waals surface area contributed by atoms with Crippen LogP contribution < -0.4 is 0 Å². The SMILES string of the molecule is CC(C)C(OC(=O)/C=C/C(=O)OC(C(C)C)C(F)(F)C(F)(F)C(F)(F)C(F)(F)C(F)(F)F)C(F)(F)C(F)(F)C(F)(F)C(F)(F)C(F)(F)F. The monoisotopic (exact) mass is 764 g/mol. The molecule has 0 aliphatic carbocycles. The van der Waals surface area contributed by atoms with Gasteiger partial charge in [-0.05, 0) is 11.8 Å². The Hall–Kier alpha value is -2.86. The predicted octanol–water partition coefficient (Wildman–Crippen LogP) is 8.89. The number of esters is 2. The molecule has 0 aromatic carbocycles. The molecule has 4 nitrogen and oxygen atoms in total. The topological polar surface area (TPSA) is 52.6 Å². The summed E-state index contributed by atoms with van der Waals surface area (Å²) in [6, 6.07) is 0. The second-order valence-electron chi connectivity index (χ2n) is 10.2. The van der Waals surface area contributed by atoms with Crippen molar-refractivity contribution in [3.63, 3.8) is 0 Å². The van der Waals surface area contributed by atoms with Gasteiger partial charge in [0.2, 0.25) is 0 Å². The summed E-state index contributed by atoms with van der Waals surface area (Å²) in [6.07, 6.45) is -24.7. The van der Waals surface area contributed by atoms with Crippen LogP contribution in [0, 0.1) is 11.8 Å². The second kappa shape index (κ2) is 13.1. The van der Waals surface area contributed by atoms with Crippen LogP contribution in [0.5, 0.6) is 0 Å². The zero-order valence-corrected chi connectivity index (χ0v) is 23.4. The minimum Gasteiger partial charge on any atom is -0.452 e. The predicted molar refractivity (Wildman–Crippen MR) is 110 cm³/mol. The third kappa shape index (κ3) is 7.34. The highest BCUT2D eigenvalue weighted by Gasteiger charge is 2.89. The molecule has 0 heterocycles. The summed E-state index contributed by atoms with van der Waals surface area (Å²) in [5.74, 6) is -70.9. The molecule has 284 valence electrons. The molecular formula is C22H18F22O4. The Morgan fingerprint density at radius 3 is 0.771 bits per heavy atom. The van der Waals surface area contributed by atoms with Crippen LogP contribution in [0.3, 0.4) is 0 Å². The number of rotatable bonds is 14. The molecule has 0 aliphatic rings. The first-order chi connectivity index (χ1) is 20.7. The van der Waals surface area contributed by atoms with E-state index in [1.807, 2.05) is 0 Å². The molecule has 2 unspecified atom stereocenters. The molecule has 48 heavy (non-hydrogen) atoms. The quantitative estimate of drug-likeness (QED) is 0.101. The smallest absolute Gasteiger partial charge is 0.452 e. The minimum absolute atomic E-state index is 0.299. The minimum atomic E-state index is -7.96. The first-order valence-corrected chi connectivity index (χ1v) is 11.9. The van der Waals surface area contributed by atoms with Gasteiger partial charge in [-0.1, -0.05) is 27.7 Å². The lowest BCUT2D eigenvalue weighted by Gasteiger charge is -2.40. The van der Waals surface area contributed by atoms with Crippen LogP contribution in [0.15, 0.2) is 12.2 Å². The van der Waals surface area contributed by atoms with E-state index in [0.717, 1.165) is 0 Å². The summed E-state index contributed by atoms with van der Waals surface area (Å²) in [7, 11) is 0. The van der Waals surface area contributed by atoms with Gasteiger partial charge in [0, 0.05) is 12.2 Å². The maximum atomic E-state index is 14.4. The number of alkyl halides is 22. The first-order valence-electron chi connectivity index (χ1n) is 11.9. The molecule has 0 saturated carbocycles. The zero-order valence-electron chi connectivity index (χ0n) is 23.4. The van der Waals surface area contributed by atoms with E-state index < -0.39 is 108 Å². The van der Waals surface area contributed by atoms with Crippen LogP contribution in [-0.4, -0.2) is 83.9 Å². The molecule has 0 saturated heterocycles. The molecule has 0 rings (SSSR count). The lowest BCUT2D eigenvalue weighted by atomic mass is 9.89. The molecule has 0 N–H and O–H groups in total. The normalized spacial score (nSPS) is 16.8. The number of carbonyl (C=O) groups is 2. The Morgan fingerprint density at radius 2 is 0.604 bits per heavy atom. The van der Waals surface area contributed by atoms with Gasteiger partial charge in [0.05, 0.1) is 0 Å². The Labute approximate surface area is 252 Å². The highest BCUT2D eigenvalue weighted by molar-refractivity contribution is 5.91. The van der Waals surface area contributed by atoms with E-state index in [2.05, 4.69) is 9.47 Å². The highest BCUT2D eigenvalue weighted by atomic mass is 19.4. The van der Waals surface area contributed by atoms with E-state index in [1.165, 1.54) is 0 Å². The maximum Gasteiger partial charge on any atom is 0.460 e.